The summed E-state index contributed by atoms with van der Waals surface area (Å²) in [6, 6.07) is 0. The van der Waals surface area contributed by atoms with Crippen molar-refractivity contribution in [2.45, 2.75) is 13.8 Å². The van der Waals surface area contributed by atoms with E-state index in [1.165, 1.54) is 0 Å². The third-order valence-electron chi connectivity index (χ3n) is 0.692. The molecule has 0 aromatic rings. The summed E-state index contributed by atoms with van der Waals surface area (Å²) >= 11 is 0. The van der Waals surface area contributed by atoms with Crippen molar-refractivity contribution in [1.82, 2.24) is 0 Å². The predicted octanol–water partition coefficient (Wildman–Crippen LogP) is 1.03. The topological polar surface area (TPSA) is 46.2 Å². The normalized spacial score (nSPS) is 10.9. The van der Waals surface area contributed by atoms with Gasteiger partial charge < -0.3 is 10.8 Å². The Labute approximate surface area is 56.7 Å². The molecule has 0 unspecified atom stereocenters. The van der Waals surface area contributed by atoms with Crippen LogP contribution in [-0.4, -0.2) is 12.2 Å². The van der Waals surface area contributed by atoms with Gasteiger partial charge in [0.15, 0.2) is 0 Å². The fourth-order valence-corrected chi connectivity index (χ4v) is 0.318. The molecule has 0 aliphatic carbocycles. The lowest BCUT2D eigenvalue weighted by molar-refractivity contribution is 0.399. The van der Waals surface area contributed by atoms with Crippen LogP contribution in [0.1, 0.15) is 13.8 Å². The van der Waals surface area contributed by atoms with Crippen molar-refractivity contribution in [2.75, 3.05) is 7.11 Å². The van der Waals surface area contributed by atoms with Crippen molar-refractivity contribution in [1.29, 1.82) is 0 Å². The molecule has 0 aromatic carbocycles. The SMILES string of the molecule is C/C=C\C(C)=C/N.CO. The van der Waals surface area contributed by atoms with Crippen LogP contribution in [0.25, 0.3) is 0 Å². The van der Waals surface area contributed by atoms with E-state index in [1.54, 1.807) is 6.20 Å². The summed E-state index contributed by atoms with van der Waals surface area (Å²) in [5.74, 6) is 0. The summed E-state index contributed by atoms with van der Waals surface area (Å²) in [6.45, 7) is 3.92. The van der Waals surface area contributed by atoms with E-state index in [1.807, 2.05) is 26.0 Å². The Kier molecular flexibility index (Phi) is 12.7. The van der Waals surface area contributed by atoms with E-state index >= 15 is 0 Å². The second-order valence-electron chi connectivity index (χ2n) is 1.41. The minimum atomic E-state index is 1.00. The first-order chi connectivity index (χ1) is 4.31. The molecule has 0 spiro atoms. The van der Waals surface area contributed by atoms with Crippen molar-refractivity contribution in [3.63, 3.8) is 0 Å². The average molecular weight is 129 g/mol. The van der Waals surface area contributed by atoms with Crippen LogP contribution < -0.4 is 5.73 Å². The van der Waals surface area contributed by atoms with Gasteiger partial charge >= 0.3 is 0 Å². The maximum atomic E-state index is 7.00. The number of aliphatic hydroxyl groups is 1. The minimum Gasteiger partial charge on any atom is -0.404 e. The van der Waals surface area contributed by atoms with E-state index in [0.717, 1.165) is 12.7 Å². The highest BCUT2D eigenvalue weighted by molar-refractivity contribution is 5.13. The molecule has 0 aromatic heterocycles. The smallest absolute Gasteiger partial charge is 0.0319 e. The lowest BCUT2D eigenvalue weighted by Gasteiger charge is -1.81. The second kappa shape index (κ2) is 10.3. The highest BCUT2D eigenvalue weighted by Gasteiger charge is 1.70. The van der Waals surface area contributed by atoms with E-state index in [9.17, 15) is 0 Å². The van der Waals surface area contributed by atoms with Gasteiger partial charge in [0.25, 0.3) is 0 Å². The summed E-state index contributed by atoms with van der Waals surface area (Å²) in [5.41, 5.74) is 6.24. The molecule has 54 valence electrons. The van der Waals surface area contributed by atoms with Crippen LogP contribution in [0.5, 0.6) is 0 Å². The van der Waals surface area contributed by atoms with Gasteiger partial charge in [-0.25, -0.2) is 0 Å². The van der Waals surface area contributed by atoms with Crippen LogP contribution in [0.4, 0.5) is 0 Å². The third-order valence-corrected chi connectivity index (χ3v) is 0.692. The monoisotopic (exact) mass is 129 g/mol. The first kappa shape index (κ1) is 11.1. The Hall–Kier alpha value is -0.760. The number of hydrogen-bond donors (Lipinski definition) is 2. The molecule has 0 saturated heterocycles. The Morgan fingerprint density at radius 1 is 1.44 bits per heavy atom. The molecule has 0 aliphatic rings. The van der Waals surface area contributed by atoms with E-state index in [-0.39, 0.29) is 0 Å². The van der Waals surface area contributed by atoms with Crippen LogP contribution in [0.2, 0.25) is 0 Å². The van der Waals surface area contributed by atoms with Gasteiger partial charge in [0, 0.05) is 7.11 Å². The highest BCUT2D eigenvalue weighted by Crippen LogP contribution is 1.88. The fourth-order valence-electron chi connectivity index (χ4n) is 0.318. The van der Waals surface area contributed by atoms with Gasteiger partial charge in [-0.1, -0.05) is 12.2 Å². The zero-order chi connectivity index (χ0) is 7.70. The molecule has 0 atom stereocenters. The Morgan fingerprint density at radius 2 is 1.89 bits per heavy atom. The summed E-state index contributed by atoms with van der Waals surface area (Å²) in [6.07, 6.45) is 5.50. The molecular formula is C7H15NO. The maximum Gasteiger partial charge on any atom is 0.0319 e. The number of aliphatic hydroxyl groups excluding tert-OH is 1. The van der Waals surface area contributed by atoms with Crippen molar-refractivity contribution in [3.05, 3.63) is 23.9 Å². The molecule has 0 bridgehead atoms. The van der Waals surface area contributed by atoms with Gasteiger partial charge in [0.05, 0.1) is 0 Å². The van der Waals surface area contributed by atoms with Gasteiger partial charge in [-0.2, -0.15) is 0 Å². The van der Waals surface area contributed by atoms with Crippen LogP contribution in [-0.2, 0) is 0 Å². The zero-order valence-electron chi connectivity index (χ0n) is 6.26. The third kappa shape index (κ3) is 11.1. The van der Waals surface area contributed by atoms with Crippen LogP contribution in [0, 0.1) is 0 Å². The lowest BCUT2D eigenvalue weighted by Crippen LogP contribution is -1.78. The predicted molar refractivity (Wildman–Crippen MR) is 40.9 cm³/mol. The van der Waals surface area contributed by atoms with Crippen LogP contribution in [0.15, 0.2) is 23.9 Å². The number of rotatable bonds is 1. The molecule has 2 heteroatoms. The summed E-state index contributed by atoms with van der Waals surface area (Å²) in [7, 11) is 1.00. The van der Waals surface area contributed by atoms with E-state index in [4.69, 9.17) is 10.8 Å². The fraction of sp³-hybridized carbons (Fsp3) is 0.429. The van der Waals surface area contributed by atoms with Gasteiger partial charge in [-0.05, 0) is 25.6 Å². The van der Waals surface area contributed by atoms with Crippen molar-refractivity contribution in [3.8, 4) is 0 Å². The molecule has 0 fully saturated rings. The Balaban J connectivity index is 0. The Morgan fingerprint density at radius 3 is 2.00 bits per heavy atom. The summed E-state index contributed by atoms with van der Waals surface area (Å²) in [4.78, 5) is 0. The molecule has 0 aliphatic heterocycles. The van der Waals surface area contributed by atoms with Crippen molar-refractivity contribution < 1.29 is 5.11 Å². The molecule has 0 heterocycles. The Bertz CT molecular complexity index is 95.1. The van der Waals surface area contributed by atoms with Gasteiger partial charge in [-0.3, -0.25) is 0 Å². The van der Waals surface area contributed by atoms with E-state index in [2.05, 4.69) is 0 Å². The highest BCUT2D eigenvalue weighted by atomic mass is 16.2. The molecule has 0 radical (unpaired) electrons. The molecular weight excluding hydrogens is 114 g/mol. The van der Waals surface area contributed by atoms with E-state index in [0.29, 0.717) is 0 Å². The molecule has 9 heavy (non-hydrogen) atoms. The van der Waals surface area contributed by atoms with Gasteiger partial charge in [-0.15, -0.1) is 0 Å². The van der Waals surface area contributed by atoms with Crippen LogP contribution >= 0.6 is 0 Å². The van der Waals surface area contributed by atoms with Crippen molar-refractivity contribution >= 4 is 0 Å². The quantitative estimate of drug-likeness (QED) is 0.519. The summed E-state index contributed by atoms with van der Waals surface area (Å²) in [5, 5.41) is 7.00. The molecule has 0 rings (SSSR count). The molecule has 0 saturated carbocycles. The first-order valence-electron chi connectivity index (χ1n) is 2.77. The first-order valence-corrected chi connectivity index (χ1v) is 2.77. The van der Waals surface area contributed by atoms with Gasteiger partial charge in [0.2, 0.25) is 0 Å². The molecule has 2 nitrogen and oxygen atoms in total. The van der Waals surface area contributed by atoms with E-state index < -0.39 is 0 Å². The zero-order valence-corrected chi connectivity index (χ0v) is 6.26. The van der Waals surface area contributed by atoms with Crippen molar-refractivity contribution in [2.24, 2.45) is 5.73 Å². The minimum absolute atomic E-state index is 1.00. The summed E-state index contributed by atoms with van der Waals surface area (Å²) < 4.78 is 0. The lowest BCUT2D eigenvalue weighted by atomic mass is 10.3. The number of hydrogen-bond acceptors (Lipinski definition) is 2. The number of nitrogens with two attached hydrogens (primary N) is 1. The van der Waals surface area contributed by atoms with Gasteiger partial charge in [0.1, 0.15) is 0 Å². The number of allylic oxidation sites excluding steroid dienone is 3. The van der Waals surface area contributed by atoms with Crippen LogP contribution in [0.3, 0.4) is 0 Å². The molecule has 0 amide bonds. The maximum absolute atomic E-state index is 7.00. The largest absolute Gasteiger partial charge is 0.404 e. The average Bonchev–Trinajstić information content (AvgIpc) is 1.93. The standard InChI is InChI=1S/C6H11N.CH4O/c1-3-4-6(2)5-7;1-2/h3-5H,7H2,1-2H3;2H,1H3/b4-3-,6-5-;. The second-order valence-corrected chi connectivity index (χ2v) is 1.41. The molecule has 3 N–H and O–H groups in total.